The van der Waals surface area contributed by atoms with Crippen molar-refractivity contribution in [2.24, 2.45) is 0 Å². The van der Waals surface area contributed by atoms with Crippen LogP contribution in [0.3, 0.4) is 0 Å². The first-order chi connectivity index (χ1) is 7.75. The van der Waals surface area contributed by atoms with Crippen molar-refractivity contribution in [2.75, 3.05) is 6.61 Å². The highest BCUT2D eigenvalue weighted by Crippen LogP contribution is 2.18. The number of ether oxygens (including phenoxy) is 1. The van der Waals surface area contributed by atoms with E-state index in [-0.39, 0.29) is 5.78 Å². The molecule has 88 valence electrons. The molecule has 1 atom stereocenters. The molecule has 0 aromatic carbocycles. The summed E-state index contributed by atoms with van der Waals surface area (Å²) < 4.78 is 5.52. The molecule has 0 amide bonds. The van der Waals surface area contributed by atoms with E-state index in [4.69, 9.17) is 4.74 Å². The Kier molecular flexibility index (Phi) is 4.07. The summed E-state index contributed by atoms with van der Waals surface area (Å²) in [6, 6.07) is 0. The van der Waals surface area contributed by atoms with Crippen LogP contribution in [0, 0.1) is 6.92 Å². The molecule has 1 fully saturated rings. The number of carbonyl (C=O) groups excluding carboxylic acids is 1. The summed E-state index contributed by atoms with van der Waals surface area (Å²) in [4.78, 5) is 15.9. The second kappa shape index (κ2) is 5.55. The summed E-state index contributed by atoms with van der Waals surface area (Å²) in [5.41, 5.74) is 0.634. The molecular formula is C12H17NO2S. The fourth-order valence-corrected chi connectivity index (χ4v) is 2.60. The number of hydrogen-bond acceptors (Lipinski definition) is 4. The van der Waals surface area contributed by atoms with E-state index in [1.807, 2.05) is 12.3 Å². The number of aryl methyl sites for hydroxylation is 1. The van der Waals surface area contributed by atoms with E-state index in [1.54, 1.807) is 0 Å². The van der Waals surface area contributed by atoms with E-state index in [1.165, 1.54) is 17.8 Å². The third-order valence-electron chi connectivity index (χ3n) is 2.86. The van der Waals surface area contributed by atoms with E-state index in [2.05, 4.69) is 4.98 Å². The van der Waals surface area contributed by atoms with Crippen LogP contribution < -0.4 is 0 Å². The highest BCUT2D eigenvalue weighted by molar-refractivity contribution is 7.09. The molecule has 0 radical (unpaired) electrons. The van der Waals surface area contributed by atoms with Crippen molar-refractivity contribution in [3.8, 4) is 0 Å². The number of hydrogen-bond donors (Lipinski definition) is 0. The van der Waals surface area contributed by atoms with Gasteiger partial charge in [-0.15, -0.1) is 11.3 Å². The van der Waals surface area contributed by atoms with Gasteiger partial charge in [-0.25, -0.2) is 4.98 Å². The van der Waals surface area contributed by atoms with Crippen molar-refractivity contribution in [1.29, 1.82) is 0 Å². The maximum Gasteiger partial charge on any atom is 0.182 e. The molecular weight excluding hydrogens is 222 g/mol. The van der Waals surface area contributed by atoms with E-state index >= 15 is 0 Å². The van der Waals surface area contributed by atoms with Gasteiger partial charge >= 0.3 is 0 Å². The second-order valence-corrected chi connectivity index (χ2v) is 5.26. The molecule has 2 heterocycles. The van der Waals surface area contributed by atoms with Gasteiger partial charge in [-0.1, -0.05) is 0 Å². The van der Waals surface area contributed by atoms with Crippen LogP contribution in [0.1, 0.15) is 47.6 Å². The number of nitrogens with zero attached hydrogens (tertiary/aromatic N) is 1. The summed E-state index contributed by atoms with van der Waals surface area (Å²) in [5, 5.41) is 2.81. The highest BCUT2D eigenvalue weighted by Gasteiger charge is 2.16. The summed E-state index contributed by atoms with van der Waals surface area (Å²) in [5.74, 6) is 0.169. The topological polar surface area (TPSA) is 39.2 Å². The number of thiazole rings is 1. The van der Waals surface area contributed by atoms with Gasteiger partial charge in [0.25, 0.3) is 0 Å². The second-order valence-electron chi connectivity index (χ2n) is 4.20. The third-order valence-corrected chi connectivity index (χ3v) is 3.63. The smallest absolute Gasteiger partial charge is 0.182 e. The Balaban J connectivity index is 1.71. The molecule has 4 heteroatoms. The summed E-state index contributed by atoms with van der Waals surface area (Å²) >= 11 is 1.53. The van der Waals surface area contributed by atoms with E-state index in [9.17, 15) is 4.79 Å². The first kappa shape index (κ1) is 11.7. The molecule has 1 saturated heterocycles. The lowest BCUT2D eigenvalue weighted by atomic mass is 10.1. The van der Waals surface area contributed by atoms with Crippen molar-refractivity contribution in [3.05, 3.63) is 16.1 Å². The van der Waals surface area contributed by atoms with Gasteiger partial charge in [0, 0.05) is 18.4 Å². The van der Waals surface area contributed by atoms with Crippen LogP contribution in [-0.4, -0.2) is 23.5 Å². The maximum absolute atomic E-state index is 11.7. The summed E-state index contributed by atoms with van der Waals surface area (Å²) in [6.45, 7) is 2.82. The lowest BCUT2D eigenvalue weighted by Crippen LogP contribution is -2.06. The fourth-order valence-electron chi connectivity index (χ4n) is 1.98. The average Bonchev–Trinajstić information content (AvgIpc) is 2.89. The van der Waals surface area contributed by atoms with Crippen LogP contribution in [0.4, 0.5) is 0 Å². The van der Waals surface area contributed by atoms with Gasteiger partial charge in [-0.2, -0.15) is 0 Å². The molecule has 1 aliphatic heterocycles. The molecule has 0 spiro atoms. The zero-order valence-corrected chi connectivity index (χ0v) is 10.4. The maximum atomic E-state index is 11.7. The Labute approximate surface area is 99.8 Å². The van der Waals surface area contributed by atoms with Crippen molar-refractivity contribution >= 4 is 17.1 Å². The summed E-state index contributed by atoms with van der Waals surface area (Å²) in [7, 11) is 0. The lowest BCUT2D eigenvalue weighted by molar-refractivity contribution is 0.0920. The van der Waals surface area contributed by atoms with Gasteiger partial charge in [-0.05, 0) is 32.6 Å². The molecule has 16 heavy (non-hydrogen) atoms. The van der Waals surface area contributed by atoms with Crippen LogP contribution >= 0.6 is 11.3 Å². The Hall–Kier alpha value is -0.740. The molecule has 2 rings (SSSR count). The minimum absolute atomic E-state index is 0.169. The average molecular weight is 239 g/mol. The molecule has 0 N–H and O–H groups in total. The molecule has 1 aromatic rings. The Bertz CT molecular complexity index is 356. The molecule has 0 bridgehead atoms. The van der Waals surface area contributed by atoms with Gasteiger partial charge in [0.15, 0.2) is 5.78 Å². The number of aromatic nitrogens is 1. The largest absolute Gasteiger partial charge is 0.378 e. The summed E-state index contributed by atoms with van der Waals surface area (Å²) in [6.07, 6.45) is 5.25. The quantitative estimate of drug-likeness (QED) is 0.741. The first-order valence-electron chi connectivity index (χ1n) is 5.82. The van der Waals surface area contributed by atoms with Crippen molar-refractivity contribution < 1.29 is 9.53 Å². The molecule has 0 saturated carbocycles. The Morgan fingerprint density at radius 3 is 3.19 bits per heavy atom. The van der Waals surface area contributed by atoms with Crippen molar-refractivity contribution in [1.82, 2.24) is 4.98 Å². The van der Waals surface area contributed by atoms with Crippen molar-refractivity contribution in [2.45, 2.75) is 45.1 Å². The van der Waals surface area contributed by atoms with Crippen LogP contribution in [0.5, 0.6) is 0 Å². The van der Waals surface area contributed by atoms with Gasteiger partial charge in [0.1, 0.15) is 5.69 Å². The van der Waals surface area contributed by atoms with E-state index < -0.39 is 0 Å². The van der Waals surface area contributed by atoms with E-state index in [0.717, 1.165) is 30.9 Å². The fraction of sp³-hybridized carbons (Fsp3) is 0.667. The van der Waals surface area contributed by atoms with E-state index in [0.29, 0.717) is 18.2 Å². The third kappa shape index (κ3) is 3.12. The molecule has 3 nitrogen and oxygen atoms in total. The van der Waals surface area contributed by atoms with Crippen molar-refractivity contribution in [3.63, 3.8) is 0 Å². The number of rotatable bonds is 5. The number of ketones is 1. The van der Waals surface area contributed by atoms with Crippen LogP contribution in [0.25, 0.3) is 0 Å². The molecule has 1 unspecified atom stereocenters. The zero-order valence-electron chi connectivity index (χ0n) is 9.57. The monoisotopic (exact) mass is 239 g/mol. The van der Waals surface area contributed by atoms with Crippen LogP contribution in [-0.2, 0) is 4.74 Å². The van der Waals surface area contributed by atoms with Gasteiger partial charge < -0.3 is 4.74 Å². The molecule has 1 aromatic heterocycles. The predicted octanol–water partition coefficient (Wildman–Crippen LogP) is 2.98. The predicted molar refractivity (Wildman–Crippen MR) is 64.0 cm³/mol. The normalized spacial score (nSPS) is 20.2. The number of Topliss-reactive ketones (excluding diaryl/α,β-unsaturated/α-hetero) is 1. The SMILES string of the molecule is Cc1nc(C(=O)CCCC2CCCO2)cs1. The first-order valence-corrected chi connectivity index (χ1v) is 6.70. The van der Waals surface area contributed by atoms with Crippen LogP contribution in [0.2, 0.25) is 0 Å². The molecule has 1 aliphatic rings. The van der Waals surface area contributed by atoms with Gasteiger partial charge in [0.2, 0.25) is 0 Å². The Morgan fingerprint density at radius 2 is 2.56 bits per heavy atom. The Morgan fingerprint density at radius 1 is 1.69 bits per heavy atom. The zero-order chi connectivity index (χ0) is 11.4. The number of carbonyl (C=O) groups is 1. The molecule has 0 aliphatic carbocycles. The minimum atomic E-state index is 0.169. The van der Waals surface area contributed by atoms with Gasteiger partial charge in [-0.3, -0.25) is 4.79 Å². The van der Waals surface area contributed by atoms with Gasteiger partial charge in [0.05, 0.1) is 11.1 Å². The standard InChI is InChI=1S/C12H17NO2S/c1-9-13-11(8-16-9)12(14)6-2-4-10-5-3-7-15-10/h8,10H,2-7H2,1H3. The highest BCUT2D eigenvalue weighted by atomic mass is 32.1. The minimum Gasteiger partial charge on any atom is -0.378 e. The van der Waals surface area contributed by atoms with Crippen LogP contribution in [0.15, 0.2) is 5.38 Å². The lowest BCUT2D eigenvalue weighted by Gasteiger charge is -2.07.